The third-order valence-electron chi connectivity index (χ3n) is 3.48. The molecule has 3 aromatic carbocycles. The van der Waals surface area contributed by atoms with Gasteiger partial charge in [0.2, 0.25) is 5.91 Å². The number of hydrogen-bond acceptors (Lipinski definition) is 4. The van der Waals surface area contributed by atoms with Gasteiger partial charge in [-0.1, -0.05) is 35.9 Å². The van der Waals surface area contributed by atoms with E-state index < -0.39 is 10.1 Å². The number of amides is 1. The van der Waals surface area contributed by atoms with E-state index in [0.29, 0.717) is 21.5 Å². The van der Waals surface area contributed by atoms with Crippen LogP contribution in [-0.2, 0) is 14.9 Å². The van der Waals surface area contributed by atoms with Crippen LogP contribution in [0.2, 0.25) is 5.02 Å². The summed E-state index contributed by atoms with van der Waals surface area (Å²) >= 11 is 6.13. The third-order valence-corrected chi connectivity index (χ3v) is 5.12. The Kier molecular flexibility index (Phi) is 4.65. The number of carbonyl (C=O) groups is 1. The molecule has 0 spiro atoms. The monoisotopic (exact) mass is 375 g/mol. The van der Waals surface area contributed by atoms with Crippen LogP contribution in [0.1, 0.15) is 6.92 Å². The Morgan fingerprint density at radius 1 is 0.960 bits per heavy atom. The molecule has 25 heavy (non-hydrogen) atoms. The molecule has 1 amide bonds. The Morgan fingerprint density at radius 3 is 2.24 bits per heavy atom. The number of nitrogens with one attached hydrogen (secondary N) is 1. The van der Waals surface area contributed by atoms with Crippen molar-refractivity contribution in [1.82, 2.24) is 0 Å². The van der Waals surface area contributed by atoms with Gasteiger partial charge < -0.3 is 9.50 Å². The maximum absolute atomic E-state index is 12.7. The summed E-state index contributed by atoms with van der Waals surface area (Å²) in [5, 5.41) is 4.19. The fraction of sp³-hybridized carbons (Fsp3) is 0.0556. The smallest absolute Gasteiger partial charge is 0.339 e. The van der Waals surface area contributed by atoms with Gasteiger partial charge in [-0.25, -0.2) is 0 Å². The first-order chi connectivity index (χ1) is 11.9. The number of fused-ring (bicyclic) bond motifs is 1. The second-order valence-corrected chi connectivity index (χ2v) is 7.26. The fourth-order valence-electron chi connectivity index (χ4n) is 2.42. The number of anilines is 1. The van der Waals surface area contributed by atoms with E-state index in [9.17, 15) is 13.2 Å². The molecule has 0 aliphatic rings. The SMILES string of the molecule is CC(=O)Nc1ccc(OS(=O)(=O)c2ccc(Cl)c3ccccc23)cc1. The van der Waals surface area contributed by atoms with Gasteiger partial charge in [-0.15, -0.1) is 0 Å². The highest BCUT2D eigenvalue weighted by Crippen LogP contribution is 2.31. The van der Waals surface area contributed by atoms with Crippen molar-refractivity contribution < 1.29 is 17.4 Å². The lowest BCUT2D eigenvalue weighted by atomic mass is 10.1. The minimum atomic E-state index is -4.04. The maximum atomic E-state index is 12.7. The van der Waals surface area contributed by atoms with Crippen LogP contribution < -0.4 is 9.50 Å². The summed E-state index contributed by atoms with van der Waals surface area (Å²) in [5.74, 6) is -0.0675. The molecule has 3 rings (SSSR count). The maximum Gasteiger partial charge on any atom is 0.339 e. The molecular weight excluding hydrogens is 362 g/mol. The van der Waals surface area contributed by atoms with Crippen molar-refractivity contribution in [1.29, 1.82) is 0 Å². The van der Waals surface area contributed by atoms with Gasteiger partial charge in [0, 0.05) is 28.4 Å². The number of halogens is 1. The van der Waals surface area contributed by atoms with Gasteiger partial charge in [0.1, 0.15) is 10.6 Å². The molecule has 128 valence electrons. The van der Waals surface area contributed by atoms with Crippen molar-refractivity contribution in [2.75, 3.05) is 5.32 Å². The molecular formula is C18H14ClNO4S. The molecule has 0 fully saturated rings. The summed E-state index contributed by atoms with van der Waals surface area (Å²) in [4.78, 5) is 11.1. The molecule has 0 radical (unpaired) electrons. The average molecular weight is 376 g/mol. The molecule has 0 unspecified atom stereocenters. The number of carbonyl (C=O) groups excluding carboxylic acids is 1. The van der Waals surface area contributed by atoms with E-state index in [-0.39, 0.29) is 16.6 Å². The van der Waals surface area contributed by atoms with Crippen molar-refractivity contribution in [2.24, 2.45) is 0 Å². The summed E-state index contributed by atoms with van der Waals surface area (Å²) in [7, 11) is -4.04. The Balaban J connectivity index is 1.95. The number of rotatable bonds is 4. The Labute approximate surface area is 150 Å². The predicted molar refractivity (Wildman–Crippen MR) is 97.5 cm³/mol. The molecule has 0 atom stereocenters. The zero-order chi connectivity index (χ0) is 18.0. The largest absolute Gasteiger partial charge is 0.379 e. The van der Waals surface area contributed by atoms with Crippen molar-refractivity contribution >= 4 is 44.1 Å². The second kappa shape index (κ2) is 6.74. The summed E-state index contributed by atoms with van der Waals surface area (Å²) in [6, 6.07) is 16.0. The highest BCUT2D eigenvalue weighted by molar-refractivity contribution is 7.87. The van der Waals surface area contributed by atoms with Gasteiger partial charge >= 0.3 is 10.1 Å². The van der Waals surface area contributed by atoms with Crippen LogP contribution in [0.25, 0.3) is 10.8 Å². The van der Waals surface area contributed by atoms with E-state index in [1.807, 2.05) is 0 Å². The molecule has 0 aliphatic carbocycles. The van der Waals surface area contributed by atoms with Gasteiger partial charge in [0.05, 0.1) is 0 Å². The van der Waals surface area contributed by atoms with E-state index in [2.05, 4.69) is 5.32 Å². The topological polar surface area (TPSA) is 72.5 Å². The van der Waals surface area contributed by atoms with Gasteiger partial charge in [0.15, 0.2) is 0 Å². The minimum Gasteiger partial charge on any atom is -0.379 e. The Hall–Kier alpha value is -2.57. The Bertz CT molecular complexity index is 1050. The lowest BCUT2D eigenvalue weighted by Gasteiger charge is -2.11. The summed E-state index contributed by atoms with van der Waals surface area (Å²) < 4.78 is 30.5. The van der Waals surface area contributed by atoms with Crippen LogP contribution >= 0.6 is 11.6 Å². The van der Waals surface area contributed by atoms with Gasteiger partial charge in [-0.2, -0.15) is 8.42 Å². The molecule has 5 nitrogen and oxygen atoms in total. The zero-order valence-corrected chi connectivity index (χ0v) is 14.8. The van der Waals surface area contributed by atoms with Crippen molar-refractivity contribution in [3.8, 4) is 5.75 Å². The standard InChI is InChI=1S/C18H14ClNO4S/c1-12(21)20-13-6-8-14(9-7-13)24-25(22,23)18-11-10-17(19)15-4-2-3-5-16(15)18/h2-11H,1H3,(H,20,21). The van der Waals surface area contributed by atoms with Gasteiger partial charge in [-0.05, 0) is 36.4 Å². The van der Waals surface area contributed by atoms with Crippen LogP contribution in [0.4, 0.5) is 5.69 Å². The van der Waals surface area contributed by atoms with Crippen LogP contribution in [0.3, 0.4) is 0 Å². The first kappa shape index (κ1) is 17.3. The van der Waals surface area contributed by atoms with E-state index >= 15 is 0 Å². The molecule has 0 aliphatic heterocycles. The molecule has 0 heterocycles. The number of benzene rings is 3. The van der Waals surface area contributed by atoms with Crippen LogP contribution in [0, 0.1) is 0 Å². The summed E-state index contributed by atoms with van der Waals surface area (Å²) in [6.45, 7) is 1.39. The van der Waals surface area contributed by atoms with Crippen LogP contribution in [0.15, 0.2) is 65.6 Å². The van der Waals surface area contributed by atoms with Crippen molar-refractivity contribution in [3.05, 3.63) is 65.7 Å². The van der Waals surface area contributed by atoms with E-state index in [1.54, 1.807) is 36.4 Å². The molecule has 0 saturated heterocycles. The van der Waals surface area contributed by atoms with Gasteiger partial charge in [-0.3, -0.25) is 4.79 Å². The molecule has 0 saturated carbocycles. The highest BCUT2D eigenvalue weighted by atomic mass is 35.5. The molecule has 0 bridgehead atoms. The average Bonchev–Trinajstić information content (AvgIpc) is 2.56. The molecule has 0 aromatic heterocycles. The van der Waals surface area contributed by atoms with E-state index in [4.69, 9.17) is 15.8 Å². The van der Waals surface area contributed by atoms with E-state index in [1.165, 1.54) is 31.2 Å². The Morgan fingerprint density at radius 2 is 1.60 bits per heavy atom. The third kappa shape index (κ3) is 3.75. The quantitative estimate of drug-likeness (QED) is 0.693. The summed E-state index contributed by atoms with van der Waals surface area (Å²) in [5.41, 5.74) is 0.550. The lowest BCUT2D eigenvalue weighted by Crippen LogP contribution is -2.10. The second-order valence-electron chi connectivity index (χ2n) is 5.33. The molecule has 3 aromatic rings. The normalized spacial score (nSPS) is 11.3. The fourth-order valence-corrected chi connectivity index (χ4v) is 3.79. The summed E-state index contributed by atoms with van der Waals surface area (Å²) in [6.07, 6.45) is 0. The minimum absolute atomic E-state index is 0.0402. The van der Waals surface area contributed by atoms with Crippen molar-refractivity contribution in [2.45, 2.75) is 11.8 Å². The van der Waals surface area contributed by atoms with E-state index in [0.717, 1.165) is 0 Å². The predicted octanol–water partition coefficient (Wildman–Crippen LogP) is 4.22. The first-order valence-corrected chi connectivity index (χ1v) is 9.15. The van der Waals surface area contributed by atoms with Crippen LogP contribution in [0.5, 0.6) is 5.75 Å². The van der Waals surface area contributed by atoms with Crippen molar-refractivity contribution in [3.63, 3.8) is 0 Å². The first-order valence-electron chi connectivity index (χ1n) is 7.36. The number of hydrogen-bond donors (Lipinski definition) is 1. The lowest BCUT2D eigenvalue weighted by molar-refractivity contribution is -0.114. The van der Waals surface area contributed by atoms with Gasteiger partial charge in [0.25, 0.3) is 0 Å². The molecule has 1 N–H and O–H groups in total. The highest BCUT2D eigenvalue weighted by Gasteiger charge is 2.20. The zero-order valence-electron chi connectivity index (χ0n) is 13.2. The van der Waals surface area contributed by atoms with Crippen LogP contribution in [-0.4, -0.2) is 14.3 Å². The molecule has 7 heteroatoms.